The Morgan fingerprint density at radius 3 is 2.73 bits per heavy atom. The van der Waals surface area contributed by atoms with E-state index >= 15 is 0 Å². The highest BCUT2D eigenvalue weighted by molar-refractivity contribution is 6.32. The Morgan fingerprint density at radius 1 is 1.18 bits per heavy atom. The molecular formula is C17H18ClNO3. The van der Waals surface area contributed by atoms with E-state index in [-0.39, 0.29) is 12.7 Å². The zero-order valence-corrected chi connectivity index (χ0v) is 13.1. The first-order valence-electron chi connectivity index (χ1n) is 7.13. The third-order valence-electron chi connectivity index (χ3n) is 3.85. The summed E-state index contributed by atoms with van der Waals surface area (Å²) < 4.78 is 15.9. The first-order valence-corrected chi connectivity index (χ1v) is 7.51. The lowest BCUT2D eigenvalue weighted by atomic mass is 9.92. The minimum absolute atomic E-state index is 0.184. The van der Waals surface area contributed by atoms with Crippen LogP contribution in [0, 0.1) is 0 Å². The Hall–Kier alpha value is -1.91. The number of benzene rings is 2. The molecule has 2 N–H and O–H groups in total. The fraction of sp³-hybridized carbons (Fsp3) is 0.294. The van der Waals surface area contributed by atoms with Crippen LogP contribution in [0.1, 0.15) is 17.0 Å². The summed E-state index contributed by atoms with van der Waals surface area (Å²) >= 11 is 6.21. The Morgan fingerprint density at radius 2 is 2.00 bits per heavy atom. The fourth-order valence-electron chi connectivity index (χ4n) is 2.63. The van der Waals surface area contributed by atoms with Gasteiger partial charge in [-0.25, -0.2) is 0 Å². The van der Waals surface area contributed by atoms with Crippen molar-refractivity contribution in [1.29, 1.82) is 0 Å². The Kier molecular flexibility index (Phi) is 4.41. The fourth-order valence-corrected chi connectivity index (χ4v) is 2.89. The largest absolute Gasteiger partial charge is 0.495 e. The molecule has 2 aromatic rings. The van der Waals surface area contributed by atoms with Crippen molar-refractivity contribution < 1.29 is 14.2 Å². The number of rotatable bonds is 5. The van der Waals surface area contributed by atoms with Gasteiger partial charge in [-0.2, -0.15) is 0 Å². The van der Waals surface area contributed by atoms with Crippen molar-refractivity contribution in [3.63, 3.8) is 0 Å². The molecule has 0 saturated heterocycles. The van der Waals surface area contributed by atoms with Crippen molar-refractivity contribution >= 4 is 11.6 Å². The molecule has 3 rings (SSSR count). The third kappa shape index (κ3) is 2.98. The van der Waals surface area contributed by atoms with Crippen molar-refractivity contribution in [1.82, 2.24) is 0 Å². The van der Waals surface area contributed by atoms with Crippen LogP contribution in [0.5, 0.6) is 17.2 Å². The van der Waals surface area contributed by atoms with Crippen LogP contribution in [0.4, 0.5) is 0 Å². The Labute approximate surface area is 134 Å². The topological polar surface area (TPSA) is 53.7 Å². The molecule has 0 amide bonds. The van der Waals surface area contributed by atoms with E-state index in [4.69, 9.17) is 31.5 Å². The van der Waals surface area contributed by atoms with Crippen molar-refractivity contribution in [2.75, 3.05) is 20.4 Å². The summed E-state index contributed by atoms with van der Waals surface area (Å²) in [5, 5.41) is 0.601. The summed E-state index contributed by atoms with van der Waals surface area (Å²) in [6.45, 7) is 0.824. The smallest absolute Gasteiger partial charge is 0.231 e. The van der Waals surface area contributed by atoms with E-state index in [2.05, 4.69) is 0 Å². The second-order valence-electron chi connectivity index (χ2n) is 5.22. The zero-order chi connectivity index (χ0) is 15.5. The molecule has 1 aliphatic rings. The molecule has 4 nitrogen and oxygen atoms in total. The van der Waals surface area contributed by atoms with Gasteiger partial charge in [-0.15, -0.1) is 0 Å². The van der Waals surface area contributed by atoms with Crippen LogP contribution in [-0.2, 0) is 6.42 Å². The van der Waals surface area contributed by atoms with E-state index in [0.29, 0.717) is 17.3 Å². The molecule has 0 aromatic heterocycles. The highest BCUT2D eigenvalue weighted by atomic mass is 35.5. The zero-order valence-electron chi connectivity index (χ0n) is 12.3. The predicted octanol–water partition coefficient (Wildman–Crippen LogP) is 3.36. The van der Waals surface area contributed by atoms with Crippen molar-refractivity contribution in [2.45, 2.75) is 12.3 Å². The Balaban J connectivity index is 1.81. The summed E-state index contributed by atoms with van der Waals surface area (Å²) in [7, 11) is 1.61. The number of ether oxygens (including phenoxy) is 3. The standard InChI is InChI=1S/C17H18ClNO3/c1-20-15-5-3-12(8-14(15)18)13(9-19)6-11-2-4-16-17(7-11)22-10-21-16/h2-5,7-8,13H,6,9-10,19H2,1H3. The third-order valence-corrected chi connectivity index (χ3v) is 4.15. The van der Waals surface area contributed by atoms with E-state index in [1.165, 1.54) is 0 Å². The van der Waals surface area contributed by atoms with Gasteiger partial charge < -0.3 is 19.9 Å². The molecule has 1 aliphatic heterocycles. The average Bonchev–Trinajstić information content (AvgIpc) is 3.00. The van der Waals surface area contributed by atoms with E-state index in [0.717, 1.165) is 29.0 Å². The van der Waals surface area contributed by atoms with Gasteiger partial charge in [0, 0.05) is 5.92 Å². The molecule has 0 bridgehead atoms. The summed E-state index contributed by atoms with van der Waals surface area (Å²) in [4.78, 5) is 0. The molecule has 0 radical (unpaired) electrons. The SMILES string of the molecule is COc1ccc(C(CN)Cc2ccc3c(c2)OCO3)cc1Cl. The van der Waals surface area contributed by atoms with E-state index in [9.17, 15) is 0 Å². The maximum atomic E-state index is 6.21. The van der Waals surface area contributed by atoms with Crippen LogP contribution in [0.25, 0.3) is 0 Å². The number of methoxy groups -OCH3 is 1. The maximum Gasteiger partial charge on any atom is 0.231 e. The van der Waals surface area contributed by atoms with Gasteiger partial charge in [0.2, 0.25) is 6.79 Å². The molecule has 0 fully saturated rings. The van der Waals surface area contributed by atoms with Crippen LogP contribution in [0.15, 0.2) is 36.4 Å². The van der Waals surface area contributed by atoms with Gasteiger partial charge in [-0.3, -0.25) is 0 Å². The molecule has 1 unspecified atom stereocenters. The normalized spacial score (nSPS) is 14.0. The van der Waals surface area contributed by atoms with Gasteiger partial charge in [0.25, 0.3) is 0 Å². The second kappa shape index (κ2) is 6.46. The van der Waals surface area contributed by atoms with Gasteiger partial charge >= 0.3 is 0 Å². The minimum Gasteiger partial charge on any atom is -0.495 e. The number of fused-ring (bicyclic) bond motifs is 1. The number of hydrogen-bond donors (Lipinski definition) is 1. The van der Waals surface area contributed by atoms with Gasteiger partial charge in [0.15, 0.2) is 11.5 Å². The van der Waals surface area contributed by atoms with Crippen LogP contribution >= 0.6 is 11.6 Å². The number of hydrogen-bond acceptors (Lipinski definition) is 4. The van der Waals surface area contributed by atoms with Gasteiger partial charge in [-0.1, -0.05) is 23.7 Å². The van der Waals surface area contributed by atoms with Crippen molar-refractivity contribution in [2.24, 2.45) is 5.73 Å². The van der Waals surface area contributed by atoms with E-state index < -0.39 is 0 Å². The molecule has 0 aliphatic carbocycles. The summed E-state index contributed by atoms with van der Waals surface area (Å²) in [6.07, 6.45) is 0.815. The van der Waals surface area contributed by atoms with Crippen LogP contribution in [-0.4, -0.2) is 20.4 Å². The quantitative estimate of drug-likeness (QED) is 0.918. The highest BCUT2D eigenvalue weighted by Gasteiger charge is 2.17. The summed E-state index contributed by atoms with van der Waals surface area (Å²) in [5.41, 5.74) is 8.22. The molecule has 0 saturated carbocycles. The van der Waals surface area contributed by atoms with Crippen LogP contribution in [0.2, 0.25) is 5.02 Å². The molecule has 1 atom stereocenters. The first kappa shape index (κ1) is 15.0. The van der Waals surface area contributed by atoms with Crippen molar-refractivity contribution in [3.8, 4) is 17.2 Å². The second-order valence-corrected chi connectivity index (χ2v) is 5.63. The van der Waals surface area contributed by atoms with Gasteiger partial charge in [0.05, 0.1) is 12.1 Å². The number of nitrogens with two attached hydrogens (primary N) is 1. The summed E-state index contributed by atoms with van der Waals surface area (Å²) in [6, 6.07) is 11.8. The lowest BCUT2D eigenvalue weighted by Crippen LogP contribution is -2.15. The van der Waals surface area contributed by atoms with Crippen LogP contribution in [0.3, 0.4) is 0 Å². The highest BCUT2D eigenvalue weighted by Crippen LogP contribution is 2.34. The first-order chi connectivity index (χ1) is 10.7. The molecule has 22 heavy (non-hydrogen) atoms. The predicted molar refractivity (Wildman–Crippen MR) is 86.1 cm³/mol. The monoisotopic (exact) mass is 319 g/mol. The van der Waals surface area contributed by atoms with Crippen molar-refractivity contribution in [3.05, 3.63) is 52.5 Å². The maximum absolute atomic E-state index is 6.21. The lowest BCUT2D eigenvalue weighted by molar-refractivity contribution is 0.174. The molecule has 5 heteroatoms. The summed E-state index contributed by atoms with van der Waals surface area (Å²) in [5.74, 6) is 2.44. The molecule has 0 spiro atoms. The molecule has 116 valence electrons. The van der Waals surface area contributed by atoms with E-state index in [1.807, 2.05) is 36.4 Å². The molecular weight excluding hydrogens is 302 g/mol. The minimum atomic E-state index is 0.184. The average molecular weight is 320 g/mol. The van der Waals surface area contributed by atoms with Crippen LogP contribution < -0.4 is 19.9 Å². The van der Waals surface area contributed by atoms with Gasteiger partial charge in [-0.05, 0) is 48.4 Å². The van der Waals surface area contributed by atoms with Gasteiger partial charge in [0.1, 0.15) is 5.75 Å². The lowest BCUT2D eigenvalue weighted by Gasteiger charge is -2.17. The molecule has 2 aromatic carbocycles. The Bertz CT molecular complexity index is 675. The molecule has 1 heterocycles. The van der Waals surface area contributed by atoms with E-state index in [1.54, 1.807) is 7.11 Å². The number of halogens is 1.